The van der Waals surface area contributed by atoms with Crippen LogP contribution in [0.3, 0.4) is 0 Å². The average molecular weight is 980 g/mol. The molecular formula is C48H60F3N9O8S. The minimum atomic E-state index is -4.36. The first-order valence-electron chi connectivity index (χ1n) is 23.4. The highest BCUT2D eigenvalue weighted by Gasteiger charge is 2.45. The zero-order valence-electron chi connectivity index (χ0n) is 39.2. The molecule has 4 aliphatic heterocycles. The van der Waals surface area contributed by atoms with Crippen molar-refractivity contribution in [2.45, 2.75) is 70.8 Å². The van der Waals surface area contributed by atoms with E-state index in [4.69, 9.17) is 4.74 Å². The largest absolute Gasteiger partial charge is 0.467 e. The van der Waals surface area contributed by atoms with Crippen molar-refractivity contribution in [3.63, 3.8) is 0 Å². The number of hydrogen-bond donors (Lipinski definition) is 4. The van der Waals surface area contributed by atoms with Crippen LogP contribution in [0.2, 0.25) is 0 Å². The molecule has 17 nitrogen and oxygen atoms in total. The normalized spacial score (nSPS) is 21.7. The Kier molecular flexibility index (Phi) is 14.7. The summed E-state index contributed by atoms with van der Waals surface area (Å²) in [6.07, 6.45) is 2.85. The molecule has 4 atom stereocenters. The topological polar surface area (TPSA) is 201 Å². The van der Waals surface area contributed by atoms with E-state index in [0.717, 1.165) is 73.3 Å². The molecule has 0 aliphatic carbocycles. The third kappa shape index (κ3) is 11.1. The highest BCUT2D eigenvalue weighted by atomic mass is 32.2. The minimum Gasteiger partial charge on any atom is -0.467 e. The van der Waals surface area contributed by atoms with Crippen LogP contribution < -0.4 is 14.9 Å². The number of aliphatic hydroxyl groups excluding tert-OH is 1. The molecule has 372 valence electrons. The van der Waals surface area contributed by atoms with E-state index in [-0.39, 0.29) is 43.9 Å². The summed E-state index contributed by atoms with van der Waals surface area (Å²) >= 11 is 0. The fourth-order valence-electron chi connectivity index (χ4n) is 9.81. The summed E-state index contributed by atoms with van der Waals surface area (Å²) < 4.78 is 78.0. The highest BCUT2D eigenvalue weighted by Crippen LogP contribution is 2.33. The van der Waals surface area contributed by atoms with Crippen LogP contribution in [0.4, 0.5) is 24.5 Å². The Hall–Kier alpha value is -5.61. The van der Waals surface area contributed by atoms with Gasteiger partial charge >= 0.3 is 16.2 Å². The van der Waals surface area contributed by atoms with E-state index < -0.39 is 87.1 Å². The number of ketones is 1. The number of alkyl halides is 1. The summed E-state index contributed by atoms with van der Waals surface area (Å²) in [5, 5.41) is 13.5. The molecular weight excluding hydrogens is 920 g/mol. The molecule has 0 radical (unpaired) electrons. The van der Waals surface area contributed by atoms with Crippen LogP contribution in [0.1, 0.15) is 62.4 Å². The summed E-state index contributed by atoms with van der Waals surface area (Å²) in [6.45, 7) is 11.0. The second kappa shape index (κ2) is 20.4. The molecule has 2 amide bonds. The zero-order chi connectivity index (χ0) is 49.4. The summed E-state index contributed by atoms with van der Waals surface area (Å²) in [5.41, 5.74) is 0.568. The molecule has 8 rings (SSSR count). The molecule has 4 saturated heterocycles. The number of aromatic nitrogens is 2. The third-order valence-electron chi connectivity index (χ3n) is 13.7. The van der Waals surface area contributed by atoms with E-state index in [1.807, 2.05) is 49.8 Å². The number of pyridine rings is 1. The number of anilines is 2. The number of nitrogens with zero attached hydrogens (tertiary/aromatic N) is 6. The summed E-state index contributed by atoms with van der Waals surface area (Å²) in [6, 6.07) is 9.58. The lowest BCUT2D eigenvalue weighted by Crippen LogP contribution is -2.58. The molecule has 0 saturated carbocycles. The number of piperidine rings is 1. The van der Waals surface area contributed by atoms with Gasteiger partial charge in [-0.05, 0) is 66.5 Å². The third-order valence-corrected chi connectivity index (χ3v) is 15.2. The highest BCUT2D eigenvalue weighted by molar-refractivity contribution is 7.90. The predicted molar refractivity (Wildman–Crippen MR) is 252 cm³/mol. The van der Waals surface area contributed by atoms with Gasteiger partial charge in [0.25, 0.3) is 0 Å². The molecule has 69 heavy (non-hydrogen) atoms. The van der Waals surface area contributed by atoms with Crippen LogP contribution in [0.5, 0.6) is 0 Å². The first kappa shape index (κ1) is 49.8. The molecule has 21 heteroatoms. The lowest BCUT2D eigenvalue weighted by atomic mass is 9.85. The number of esters is 1. The van der Waals surface area contributed by atoms with Gasteiger partial charge in [0.15, 0.2) is 5.82 Å². The van der Waals surface area contributed by atoms with E-state index in [1.165, 1.54) is 18.2 Å². The number of likely N-dealkylation sites (tertiary alicyclic amines) is 1. The van der Waals surface area contributed by atoms with Gasteiger partial charge in [-0.2, -0.15) is 12.7 Å². The number of methoxy groups -OCH3 is 1. The van der Waals surface area contributed by atoms with Gasteiger partial charge in [0.2, 0.25) is 17.6 Å². The van der Waals surface area contributed by atoms with Gasteiger partial charge in [0, 0.05) is 106 Å². The number of fused-ring (bicyclic) bond motifs is 1. The monoisotopic (exact) mass is 979 g/mol. The number of piperazine rings is 1. The van der Waals surface area contributed by atoms with Crippen LogP contribution in [0.15, 0.2) is 54.9 Å². The van der Waals surface area contributed by atoms with Crippen molar-refractivity contribution in [1.82, 2.24) is 34.3 Å². The fourth-order valence-corrected chi connectivity index (χ4v) is 11.1. The Balaban J connectivity index is 0.820. The van der Waals surface area contributed by atoms with Crippen molar-refractivity contribution < 1.29 is 50.6 Å². The standard InChI is InChI=1S/C48H60F3N9O8S/c1-48(2,3)44(46(64)60-27-34(61)22-39(60)47(65)68-4)54-40(62)28-57-19-17-56(18-20-57)25-29-11-14-58(15-12-29)33-7-5-30(6-8-33)31-21-35-36(24-53-45(35)52-23-31)43(63)41-37(50)9-10-38(42(41)51)55-69(66,67)59-16-13-32(49)26-59/h5-10,21,23-24,29,32,34,39,44,55,61H,11-20,22,25-28H2,1-4H3,(H,52,53)(H,54,62)/t32-,34-,39+,44-/m1/s1. The number of nitrogens with one attached hydrogen (secondary N) is 3. The number of carbonyl (C=O) groups excluding carboxylic acids is 4. The van der Waals surface area contributed by atoms with Crippen molar-refractivity contribution in [1.29, 1.82) is 0 Å². The van der Waals surface area contributed by atoms with E-state index in [2.05, 4.69) is 30.0 Å². The Morgan fingerprint density at radius 1 is 0.928 bits per heavy atom. The molecule has 0 unspecified atom stereocenters. The van der Waals surface area contributed by atoms with Crippen LogP contribution in [-0.2, 0) is 29.3 Å². The number of carbonyl (C=O) groups is 4. The lowest BCUT2D eigenvalue weighted by Gasteiger charge is -2.39. The van der Waals surface area contributed by atoms with E-state index in [1.54, 1.807) is 12.3 Å². The molecule has 4 aromatic rings. The Morgan fingerprint density at radius 3 is 2.28 bits per heavy atom. The van der Waals surface area contributed by atoms with Gasteiger partial charge in [0.05, 0.1) is 31.0 Å². The number of aromatic amines is 1. The molecule has 2 aromatic heterocycles. The molecule has 0 bridgehead atoms. The minimum absolute atomic E-state index is 0.00280. The summed E-state index contributed by atoms with van der Waals surface area (Å²) in [5.74, 6) is -4.36. The van der Waals surface area contributed by atoms with Crippen molar-refractivity contribution in [2.24, 2.45) is 11.3 Å². The predicted octanol–water partition coefficient (Wildman–Crippen LogP) is 3.94. The van der Waals surface area contributed by atoms with E-state index >= 15 is 8.78 Å². The zero-order valence-corrected chi connectivity index (χ0v) is 40.0. The molecule has 6 heterocycles. The Labute approximate surface area is 399 Å². The first-order valence-corrected chi connectivity index (χ1v) is 24.8. The number of rotatable bonds is 14. The van der Waals surface area contributed by atoms with E-state index in [9.17, 15) is 37.1 Å². The smallest absolute Gasteiger partial charge is 0.328 e. The second-order valence-corrected chi connectivity index (χ2v) is 21.3. The Bertz CT molecular complexity index is 2670. The fraction of sp³-hybridized carbons (Fsp3) is 0.521. The van der Waals surface area contributed by atoms with Gasteiger partial charge in [-0.15, -0.1) is 0 Å². The number of amides is 2. The van der Waals surface area contributed by atoms with E-state index in [0.29, 0.717) is 35.6 Å². The van der Waals surface area contributed by atoms with Crippen LogP contribution in [0.25, 0.3) is 22.2 Å². The van der Waals surface area contributed by atoms with Crippen molar-refractivity contribution >= 4 is 56.2 Å². The number of benzene rings is 2. The summed E-state index contributed by atoms with van der Waals surface area (Å²) in [4.78, 5) is 68.7. The van der Waals surface area contributed by atoms with Crippen molar-refractivity contribution in [3.8, 4) is 11.1 Å². The van der Waals surface area contributed by atoms with Crippen molar-refractivity contribution in [2.75, 3.05) is 88.7 Å². The maximum absolute atomic E-state index is 15.8. The van der Waals surface area contributed by atoms with Crippen LogP contribution in [-0.4, -0.2) is 170 Å². The maximum atomic E-state index is 15.8. The number of β-amino-alcohol motifs (C(OH)–C–C–N with tert-alkyl or cyclic N) is 1. The van der Waals surface area contributed by atoms with Gasteiger partial charge in [-0.1, -0.05) is 32.9 Å². The number of ether oxygens (including phenoxy) is 1. The van der Waals surface area contributed by atoms with Gasteiger partial charge in [0.1, 0.15) is 29.7 Å². The Morgan fingerprint density at radius 2 is 1.62 bits per heavy atom. The second-order valence-electron chi connectivity index (χ2n) is 19.6. The maximum Gasteiger partial charge on any atom is 0.328 e. The first-order chi connectivity index (χ1) is 32.8. The van der Waals surface area contributed by atoms with Gasteiger partial charge in [-0.3, -0.25) is 24.0 Å². The average Bonchev–Trinajstić information content (AvgIpc) is 4.07. The van der Waals surface area contributed by atoms with Gasteiger partial charge < -0.3 is 34.8 Å². The van der Waals surface area contributed by atoms with Crippen molar-refractivity contribution in [3.05, 3.63) is 77.6 Å². The SMILES string of the molecule is COC(=O)[C@@H]1C[C@@H](O)CN1C(=O)[C@@H](NC(=O)CN1CCN(CC2CCN(c3ccc(-c4cnc5[nH]cc(C(=O)c6c(F)ccc(NS(=O)(=O)N7CC[C@@H](F)C7)c6F)c5c4)cc3)CC2)CC1)C(C)(C)C. The molecule has 4 fully saturated rings. The number of H-pyrrole nitrogens is 1. The number of halogens is 3. The van der Waals surface area contributed by atoms with Crippen LogP contribution in [0, 0.1) is 23.0 Å². The molecule has 4 aliphatic rings. The molecule has 2 aromatic carbocycles. The molecule has 4 N–H and O–H groups in total. The summed E-state index contributed by atoms with van der Waals surface area (Å²) in [7, 11) is -3.12. The number of hydrogen-bond acceptors (Lipinski definition) is 12. The van der Waals surface area contributed by atoms with Gasteiger partial charge in [-0.25, -0.2) is 22.9 Å². The van der Waals surface area contributed by atoms with Crippen LogP contribution >= 0.6 is 0 Å². The molecule has 0 spiro atoms. The quantitative estimate of drug-likeness (QED) is 0.105. The number of aliphatic hydroxyl groups is 1. The lowest BCUT2D eigenvalue weighted by molar-refractivity contribution is -0.153.